The number of aliphatic hydroxyl groups is 1. The summed E-state index contributed by atoms with van der Waals surface area (Å²) in [4.78, 5) is 2.23. The third kappa shape index (κ3) is 4.51. The van der Waals surface area contributed by atoms with E-state index in [0.29, 0.717) is 31.8 Å². The van der Waals surface area contributed by atoms with Gasteiger partial charge in [-0.05, 0) is 88.1 Å². The number of rotatable bonds is 6. The molecule has 0 aliphatic carbocycles. The zero-order chi connectivity index (χ0) is 22.2. The molecule has 4 rings (SSSR count). The Morgan fingerprint density at radius 2 is 1.84 bits per heavy atom. The van der Waals surface area contributed by atoms with Crippen LogP contribution in [0.15, 0.2) is 29.2 Å². The van der Waals surface area contributed by atoms with E-state index in [2.05, 4.69) is 4.90 Å². The summed E-state index contributed by atoms with van der Waals surface area (Å²) in [7, 11) is -4.07. The summed E-state index contributed by atoms with van der Waals surface area (Å²) < 4.78 is 68.5. The molecule has 0 amide bonds. The molecule has 4 atom stereocenters. The molecule has 0 saturated carbocycles. The number of halogens is 3. The standard InChI is InChI=1S/C22H31F3N2O3S/c23-22(24,25)17-7-3-8-18(14-17)31(29,30)27-15-16-6-4-11-26-12-5-9-19(21(16)26)20(27)10-1-2-13-28/h3,7-8,14,16,19-21,28H,1-2,4-6,9-13,15H2/t16-,19+,20+,21-/m0/s1. The highest BCUT2D eigenvalue weighted by atomic mass is 32.2. The first-order valence-corrected chi connectivity index (χ1v) is 12.7. The normalized spacial score (nSPS) is 30.2. The second-order valence-electron chi connectivity index (χ2n) is 9.12. The first-order chi connectivity index (χ1) is 14.7. The Kier molecular flexibility index (Phi) is 6.68. The number of piperidine rings is 3. The SMILES string of the molecule is O=S(=O)(c1cccc(C(F)(F)F)c1)N1C[C@@H]2CCCN3CCC[C@@H]([C@H]23)[C@H]1CCCCO. The summed E-state index contributed by atoms with van der Waals surface area (Å²) in [5, 5.41) is 9.22. The fourth-order valence-electron chi connectivity index (χ4n) is 6.02. The molecule has 3 aliphatic rings. The molecule has 0 aromatic heterocycles. The van der Waals surface area contributed by atoms with E-state index in [1.54, 1.807) is 0 Å². The molecule has 3 fully saturated rings. The zero-order valence-electron chi connectivity index (χ0n) is 17.6. The van der Waals surface area contributed by atoms with E-state index in [4.69, 9.17) is 0 Å². The molecule has 3 saturated heterocycles. The van der Waals surface area contributed by atoms with Crippen molar-refractivity contribution in [2.45, 2.75) is 68.1 Å². The second-order valence-corrected chi connectivity index (χ2v) is 11.0. The Bertz CT molecular complexity index is 875. The minimum Gasteiger partial charge on any atom is -0.396 e. The van der Waals surface area contributed by atoms with Gasteiger partial charge in [0.05, 0.1) is 10.5 Å². The second kappa shape index (κ2) is 9.00. The highest BCUT2D eigenvalue weighted by molar-refractivity contribution is 7.89. The fourth-order valence-corrected chi connectivity index (χ4v) is 7.83. The summed E-state index contributed by atoms with van der Waals surface area (Å²) in [5.41, 5.74) is -0.943. The van der Waals surface area contributed by atoms with Gasteiger partial charge in [-0.3, -0.25) is 4.90 Å². The summed E-state index contributed by atoms with van der Waals surface area (Å²) in [6.45, 7) is 2.50. The lowest BCUT2D eigenvalue weighted by molar-refractivity contribution is -0.137. The monoisotopic (exact) mass is 460 g/mol. The minimum atomic E-state index is -4.59. The van der Waals surface area contributed by atoms with Gasteiger partial charge in [0.2, 0.25) is 10.0 Å². The van der Waals surface area contributed by atoms with Crippen LogP contribution in [0.2, 0.25) is 0 Å². The van der Waals surface area contributed by atoms with Gasteiger partial charge in [-0.2, -0.15) is 17.5 Å². The van der Waals surface area contributed by atoms with Crippen LogP contribution in [0.3, 0.4) is 0 Å². The highest BCUT2D eigenvalue weighted by Crippen LogP contribution is 2.45. The van der Waals surface area contributed by atoms with Crippen molar-refractivity contribution < 1.29 is 26.7 Å². The number of nitrogens with zero attached hydrogens (tertiary/aromatic N) is 2. The smallest absolute Gasteiger partial charge is 0.396 e. The van der Waals surface area contributed by atoms with E-state index < -0.39 is 21.8 Å². The van der Waals surface area contributed by atoms with Gasteiger partial charge in [-0.15, -0.1) is 0 Å². The number of hydrogen-bond acceptors (Lipinski definition) is 4. The third-order valence-electron chi connectivity index (χ3n) is 7.30. The van der Waals surface area contributed by atoms with E-state index >= 15 is 0 Å². The molecular weight excluding hydrogens is 429 g/mol. The lowest BCUT2D eigenvalue weighted by atomic mass is 9.70. The van der Waals surface area contributed by atoms with Crippen LogP contribution in [0, 0.1) is 11.8 Å². The van der Waals surface area contributed by atoms with Crippen molar-refractivity contribution >= 4 is 10.0 Å². The van der Waals surface area contributed by atoms with E-state index in [-0.39, 0.29) is 29.4 Å². The number of unbranched alkanes of at least 4 members (excludes halogenated alkanes) is 1. The Morgan fingerprint density at radius 1 is 1.10 bits per heavy atom. The summed E-state index contributed by atoms with van der Waals surface area (Å²) in [6.07, 6.45) is 1.27. The third-order valence-corrected chi connectivity index (χ3v) is 9.19. The molecule has 31 heavy (non-hydrogen) atoms. The van der Waals surface area contributed by atoms with Gasteiger partial charge < -0.3 is 5.11 Å². The summed E-state index contributed by atoms with van der Waals surface area (Å²) in [6, 6.07) is 4.23. The predicted molar refractivity (Wildman–Crippen MR) is 111 cm³/mol. The lowest BCUT2D eigenvalue weighted by Gasteiger charge is -2.57. The minimum absolute atomic E-state index is 0.0515. The number of benzene rings is 1. The average Bonchev–Trinajstić information content (AvgIpc) is 2.75. The molecule has 1 aromatic rings. The molecule has 9 heteroatoms. The molecule has 3 aliphatic heterocycles. The number of aliphatic hydroxyl groups excluding tert-OH is 1. The molecule has 1 aromatic carbocycles. The van der Waals surface area contributed by atoms with Gasteiger partial charge in [0.25, 0.3) is 0 Å². The van der Waals surface area contributed by atoms with E-state index in [1.165, 1.54) is 16.4 Å². The maximum atomic E-state index is 13.6. The lowest BCUT2D eigenvalue weighted by Crippen LogP contribution is -2.65. The molecule has 174 valence electrons. The Hall–Kier alpha value is -1.16. The number of sulfonamides is 1. The highest BCUT2D eigenvalue weighted by Gasteiger charge is 2.51. The Balaban J connectivity index is 1.70. The molecule has 5 nitrogen and oxygen atoms in total. The van der Waals surface area contributed by atoms with Gasteiger partial charge in [0, 0.05) is 25.2 Å². The Morgan fingerprint density at radius 3 is 2.55 bits per heavy atom. The van der Waals surface area contributed by atoms with Crippen LogP contribution < -0.4 is 0 Å². The quantitative estimate of drug-likeness (QED) is 0.658. The molecule has 1 N–H and O–H groups in total. The number of alkyl halides is 3. The van der Waals surface area contributed by atoms with E-state index in [0.717, 1.165) is 50.9 Å². The van der Waals surface area contributed by atoms with Gasteiger partial charge in [0.1, 0.15) is 0 Å². The maximum Gasteiger partial charge on any atom is 0.416 e. The van der Waals surface area contributed by atoms with Crippen LogP contribution in [0.5, 0.6) is 0 Å². The fraction of sp³-hybridized carbons (Fsp3) is 0.727. The van der Waals surface area contributed by atoms with Crippen molar-refractivity contribution in [3.63, 3.8) is 0 Å². The summed E-state index contributed by atoms with van der Waals surface area (Å²) >= 11 is 0. The van der Waals surface area contributed by atoms with Gasteiger partial charge in [-0.25, -0.2) is 8.42 Å². The van der Waals surface area contributed by atoms with Crippen molar-refractivity contribution in [2.24, 2.45) is 11.8 Å². The van der Waals surface area contributed by atoms with Crippen molar-refractivity contribution in [1.82, 2.24) is 9.21 Å². The van der Waals surface area contributed by atoms with Gasteiger partial charge in [-0.1, -0.05) is 6.07 Å². The van der Waals surface area contributed by atoms with Crippen molar-refractivity contribution in [1.29, 1.82) is 0 Å². The van der Waals surface area contributed by atoms with E-state index in [1.807, 2.05) is 0 Å². The van der Waals surface area contributed by atoms with Crippen LogP contribution in [0.1, 0.15) is 50.5 Å². The van der Waals surface area contributed by atoms with Gasteiger partial charge in [0.15, 0.2) is 0 Å². The van der Waals surface area contributed by atoms with Crippen molar-refractivity contribution in [2.75, 3.05) is 26.2 Å². The molecule has 0 spiro atoms. The molecular formula is C22H31F3N2O3S. The maximum absolute atomic E-state index is 13.6. The average molecular weight is 461 g/mol. The first-order valence-electron chi connectivity index (χ1n) is 11.3. The number of hydrogen-bond donors (Lipinski definition) is 1. The summed E-state index contributed by atoms with van der Waals surface area (Å²) in [5.74, 6) is 0.404. The molecule has 0 bridgehead atoms. The zero-order valence-corrected chi connectivity index (χ0v) is 18.4. The topological polar surface area (TPSA) is 60.9 Å². The predicted octanol–water partition coefficient (Wildman–Crippen LogP) is 3.73. The largest absolute Gasteiger partial charge is 0.416 e. The van der Waals surface area contributed by atoms with Crippen LogP contribution in [0.4, 0.5) is 13.2 Å². The molecule has 0 radical (unpaired) electrons. The molecule has 0 unspecified atom stereocenters. The van der Waals surface area contributed by atoms with Crippen LogP contribution in [-0.2, 0) is 16.2 Å². The molecule has 3 heterocycles. The van der Waals surface area contributed by atoms with Crippen LogP contribution in [0.25, 0.3) is 0 Å². The van der Waals surface area contributed by atoms with Crippen LogP contribution >= 0.6 is 0 Å². The van der Waals surface area contributed by atoms with E-state index in [9.17, 15) is 26.7 Å². The van der Waals surface area contributed by atoms with Crippen LogP contribution in [-0.4, -0.2) is 61.1 Å². The Labute approximate surface area is 182 Å². The van der Waals surface area contributed by atoms with Crippen molar-refractivity contribution in [3.8, 4) is 0 Å². The van der Waals surface area contributed by atoms with Gasteiger partial charge >= 0.3 is 6.18 Å². The van der Waals surface area contributed by atoms with Crippen molar-refractivity contribution in [3.05, 3.63) is 29.8 Å². The first kappa shape index (κ1) is 23.0.